The lowest BCUT2D eigenvalue weighted by Crippen LogP contribution is -2.30. The van der Waals surface area contributed by atoms with Gasteiger partial charge in [0, 0.05) is 5.41 Å². The van der Waals surface area contributed by atoms with E-state index in [2.05, 4.69) is 25.1 Å². The average molecular weight is 204 g/mol. The fourth-order valence-electron chi connectivity index (χ4n) is 1.76. The van der Waals surface area contributed by atoms with Gasteiger partial charge in [0.05, 0.1) is 6.10 Å². The summed E-state index contributed by atoms with van der Waals surface area (Å²) in [6.07, 6.45) is 4.63. The third kappa shape index (κ3) is 3.21. The molecule has 0 amide bonds. The zero-order chi connectivity index (χ0) is 11.3. The maximum absolute atomic E-state index is 9.81. The topological polar surface area (TPSA) is 20.2 Å². The molecule has 0 heterocycles. The van der Waals surface area contributed by atoms with Gasteiger partial charge in [-0.1, -0.05) is 49.4 Å². The standard InChI is InChI=1S/C14H20O/c1-4-10-14(3,12(2)15)11-13-8-6-5-7-9-13/h4-10,12,15H,11H2,1-3H3/b10-4+. The van der Waals surface area contributed by atoms with Crippen molar-refractivity contribution >= 4 is 0 Å². The molecule has 1 nitrogen and oxygen atoms in total. The van der Waals surface area contributed by atoms with Gasteiger partial charge in [-0.05, 0) is 25.8 Å². The quantitative estimate of drug-likeness (QED) is 0.747. The van der Waals surface area contributed by atoms with Gasteiger partial charge in [-0.3, -0.25) is 0 Å². The van der Waals surface area contributed by atoms with Crippen molar-refractivity contribution in [1.82, 2.24) is 0 Å². The molecule has 0 bridgehead atoms. The molecule has 2 unspecified atom stereocenters. The molecule has 0 aliphatic carbocycles. The van der Waals surface area contributed by atoms with Crippen LogP contribution in [0.15, 0.2) is 42.5 Å². The van der Waals surface area contributed by atoms with Gasteiger partial charge < -0.3 is 5.11 Å². The molecule has 1 aromatic rings. The zero-order valence-corrected chi connectivity index (χ0v) is 9.77. The number of hydrogen-bond donors (Lipinski definition) is 1. The summed E-state index contributed by atoms with van der Waals surface area (Å²) in [4.78, 5) is 0. The number of aliphatic hydroxyl groups excluding tert-OH is 1. The molecule has 1 N–H and O–H groups in total. The predicted molar refractivity (Wildman–Crippen MR) is 64.7 cm³/mol. The van der Waals surface area contributed by atoms with Gasteiger partial charge in [0.15, 0.2) is 0 Å². The minimum atomic E-state index is -0.339. The first-order chi connectivity index (χ1) is 7.08. The Labute approximate surface area is 92.5 Å². The van der Waals surface area contributed by atoms with Gasteiger partial charge in [0.1, 0.15) is 0 Å². The van der Waals surface area contributed by atoms with Crippen molar-refractivity contribution in [2.24, 2.45) is 5.41 Å². The Morgan fingerprint density at radius 2 is 1.93 bits per heavy atom. The van der Waals surface area contributed by atoms with Crippen molar-refractivity contribution in [3.63, 3.8) is 0 Å². The van der Waals surface area contributed by atoms with Crippen LogP contribution in [0.2, 0.25) is 0 Å². The van der Waals surface area contributed by atoms with Gasteiger partial charge in [-0.2, -0.15) is 0 Å². The van der Waals surface area contributed by atoms with Crippen LogP contribution in [-0.2, 0) is 6.42 Å². The van der Waals surface area contributed by atoms with Crippen LogP contribution >= 0.6 is 0 Å². The van der Waals surface area contributed by atoms with Crippen LogP contribution in [0.3, 0.4) is 0 Å². The molecule has 0 aromatic heterocycles. The second-order valence-corrected chi connectivity index (χ2v) is 4.34. The summed E-state index contributed by atoms with van der Waals surface area (Å²) in [6, 6.07) is 10.3. The molecule has 0 aliphatic heterocycles. The molecule has 0 saturated heterocycles. The van der Waals surface area contributed by atoms with Crippen molar-refractivity contribution in [3.05, 3.63) is 48.0 Å². The molecule has 1 rings (SSSR count). The summed E-state index contributed by atoms with van der Waals surface area (Å²) in [5, 5.41) is 9.81. The van der Waals surface area contributed by atoms with Crippen LogP contribution in [0.4, 0.5) is 0 Å². The predicted octanol–water partition coefficient (Wildman–Crippen LogP) is 3.19. The van der Waals surface area contributed by atoms with E-state index >= 15 is 0 Å². The first-order valence-corrected chi connectivity index (χ1v) is 5.44. The Hall–Kier alpha value is -1.08. The summed E-state index contributed by atoms with van der Waals surface area (Å²) >= 11 is 0. The van der Waals surface area contributed by atoms with Crippen molar-refractivity contribution in [3.8, 4) is 0 Å². The monoisotopic (exact) mass is 204 g/mol. The first kappa shape index (κ1) is 12.0. The molecule has 0 saturated carbocycles. The Bertz CT molecular complexity index is 313. The summed E-state index contributed by atoms with van der Waals surface area (Å²) in [6.45, 7) is 5.93. The second-order valence-electron chi connectivity index (χ2n) is 4.34. The summed E-state index contributed by atoms with van der Waals surface area (Å²) in [5.41, 5.74) is 1.09. The summed E-state index contributed by atoms with van der Waals surface area (Å²) in [5.74, 6) is 0. The number of rotatable bonds is 4. The SMILES string of the molecule is C/C=C/C(C)(Cc1ccccc1)C(C)O. The molecule has 1 heteroatoms. The molecular formula is C14H20O. The molecular weight excluding hydrogens is 184 g/mol. The largest absolute Gasteiger partial charge is 0.393 e. The lowest BCUT2D eigenvalue weighted by molar-refractivity contribution is 0.0871. The highest BCUT2D eigenvalue weighted by atomic mass is 16.3. The molecule has 15 heavy (non-hydrogen) atoms. The Morgan fingerprint density at radius 3 is 2.40 bits per heavy atom. The van der Waals surface area contributed by atoms with Crippen LogP contribution in [0.1, 0.15) is 26.3 Å². The second kappa shape index (κ2) is 5.13. The molecule has 0 fully saturated rings. The van der Waals surface area contributed by atoms with Crippen molar-refractivity contribution < 1.29 is 5.11 Å². The van der Waals surface area contributed by atoms with E-state index in [4.69, 9.17) is 0 Å². The molecule has 2 atom stereocenters. The Morgan fingerprint density at radius 1 is 1.33 bits per heavy atom. The maximum Gasteiger partial charge on any atom is 0.0603 e. The van der Waals surface area contributed by atoms with E-state index in [1.165, 1.54) is 5.56 Å². The highest BCUT2D eigenvalue weighted by Gasteiger charge is 2.26. The summed E-state index contributed by atoms with van der Waals surface area (Å²) in [7, 11) is 0. The van der Waals surface area contributed by atoms with Gasteiger partial charge in [-0.15, -0.1) is 0 Å². The molecule has 0 spiro atoms. The number of allylic oxidation sites excluding steroid dienone is 1. The van der Waals surface area contributed by atoms with Crippen LogP contribution in [0.25, 0.3) is 0 Å². The van der Waals surface area contributed by atoms with E-state index in [9.17, 15) is 5.11 Å². The summed E-state index contributed by atoms with van der Waals surface area (Å²) < 4.78 is 0. The van der Waals surface area contributed by atoms with Gasteiger partial charge >= 0.3 is 0 Å². The van der Waals surface area contributed by atoms with E-state index in [-0.39, 0.29) is 11.5 Å². The smallest absolute Gasteiger partial charge is 0.0603 e. The number of benzene rings is 1. The normalized spacial score (nSPS) is 17.6. The first-order valence-electron chi connectivity index (χ1n) is 5.44. The van der Waals surface area contributed by atoms with Crippen LogP contribution in [0.5, 0.6) is 0 Å². The Balaban J connectivity index is 2.85. The van der Waals surface area contributed by atoms with E-state index in [1.807, 2.05) is 38.1 Å². The molecule has 0 aliphatic rings. The van der Waals surface area contributed by atoms with Gasteiger partial charge in [-0.25, -0.2) is 0 Å². The van der Waals surface area contributed by atoms with E-state index in [0.717, 1.165) is 6.42 Å². The third-order valence-electron chi connectivity index (χ3n) is 2.93. The van der Waals surface area contributed by atoms with Crippen molar-refractivity contribution in [1.29, 1.82) is 0 Å². The number of hydrogen-bond acceptors (Lipinski definition) is 1. The lowest BCUT2D eigenvalue weighted by Gasteiger charge is -2.29. The average Bonchev–Trinajstić information content (AvgIpc) is 2.19. The zero-order valence-electron chi connectivity index (χ0n) is 9.77. The van der Waals surface area contributed by atoms with E-state index in [1.54, 1.807) is 0 Å². The van der Waals surface area contributed by atoms with Crippen LogP contribution in [0, 0.1) is 5.41 Å². The third-order valence-corrected chi connectivity index (χ3v) is 2.93. The number of aliphatic hydroxyl groups is 1. The van der Waals surface area contributed by atoms with Crippen molar-refractivity contribution in [2.75, 3.05) is 0 Å². The fourth-order valence-corrected chi connectivity index (χ4v) is 1.76. The van der Waals surface area contributed by atoms with E-state index in [0.29, 0.717) is 0 Å². The highest BCUT2D eigenvalue weighted by Crippen LogP contribution is 2.28. The molecule has 82 valence electrons. The highest BCUT2D eigenvalue weighted by molar-refractivity contribution is 5.19. The maximum atomic E-state index is 9.81. The lowest BCUT2D eigenvalue weighted by atomic mass is 9.79. The van der Waals surface area contributed by atoms with Gasteiger partial charge in [0.25, 0.3) is 0 Å². The van der Waals surface area contributed by atoms with Gasteiger partial charge in [0.2, 0.25) is 0 Å². The van der Waals surface area contributed by atoms with Crippen LogP contribution < -0.4 is 0 Å². The fraction of sp³-hybridized carbons (Fsp3) is 0.429. The van der Waals surface area contributed by atoms with Crippen molar-refractivity contribution in [2.45, 2.75) is 33.3 Å². The molecule has 1 aromatic carbocycles. The van der Waals surface area contributed by atoms with E-state index < -0.39 is 0 Å². The molecule has 0 radical (unpaired) electrons. The Kier molecular flexibility index (Phi) is 4.10. The minimum absolute atomic E-state index is 0.171. The minimum Gasteiger partial charge on any atom is -0.393 e. The van der Waals surface area contributed by atoms with Crippen LogP contribution in [-0.4, -0.2) is 11.2 Å².